The van der Waals surface area contributed by atoms with E-state index in [4.69, 9.17) is 9.47 Å². The molecular weight excluding hydrogens is 238 g/mol. The molecule has 2 rings (SSSR count). The molecule has 1 fully saturated rings. The Kier molecular flexibility index (Phi) is 3.49. The molecule has 0 N–H and O–H groups in total. The summed E-state index contributed by atoms with van der Waals surface area (Å²) in [7, 11) is 0. The monoisotopic (exact) mass is 255 g/mol. The number of hydrogen-bond donors (Lipinski definition) is 0. The van der Waals surface area contributed by atoms with Crippen LogP contribution in [0.4, 0.5) is 0 Å². The molecular formula is C12H17NO3S. The van der Waals surface area contributed by atoms with E-state index in [9.17, 15) is 4.79 Å². The number of carbonyl (C=O) groups excluding carboxylic acids is 1. The maximum atomic E-state index is 11.7. The van der Waals surface area contributed by atoms with Crippen LogP contribution in [0.3, 0.4) is 0 Å². The molecule has 1 aromatic heterocycles. The molecule has 4 nitrogen and oxygen atoms in total. The first-order valence-electron chi connectivity index (χ1n) is 5.86. The highest BCUT2D eigenvalue weighted by Crippen LogP contribution is 2.38. The molecule has 0 bridgehead atoms. The Morgan fingerprint density at radius 3 is 3.00 bits per heavy atom. The lowest BCUT2D eigenvalue weighted by molar-refractivity contribution is 0.0164. The summed E-state index contributed by atoms with van der Waals surface area (Å²) in [6.45, 7) is 6.86. The maximum absolute atomic E-state index is 11.7. The van der Waals surface area contributed by atoms with Gasteiger partial charge in [-0.1, -0.05) is 0 Å². The molecule has 1 aliphatic rings. The van der Waals surface area contributed by atoms with Crippen LogP contribution >= 0.6 is 11.3 Å². The number of nitrogens with zero attached hydrogens (tertiary/aromatic N) is 1. The van der Waals surface area contributed by atoms with Crippen molar-refractivity contribution in [3.63, 3.8) is 0 Å². The summed E-state index contributed by atoms with van der Waals surface area (Å²) in [6.07, 6.45) is 2.01. The van der Waals surface area contributed by atoms with Crippen molar-refractivity contribution in [2.24, 2.45) is 0 Å². The van der Waals surface area contributed by atoms with Crippen LogP contribution in [0.5, 0.6) is 0 Å². The lowest BCUT2D eigenvalue weighted by atomic mass is 10.0. The molecule has 2 heterocycles. The lowest BCUT2D eigenvalue weighted by Gasteiger charge is -2.19. The Morgan fingerprint density at radius 2 is 2.41 bits per heavy atom. The normalized spacial score (nSPS) is 23.9. The standard InChI is InChI=1S/C12H17NO3S/c1-4-15-10(14)9-8(2)17-11(13-9)12(3)6-5-7-16-12/h4-7H2,1-3H3. The first-order valence-corrected chi connectivity index (χ1v) is 6.67. The van der Waals surface area contributed by atoms with Gasteiger partial charge < -0.3 is 9.47 Å². The van der Waals surface area contributed by atoms with Gasteiger partial charge in [-0.25, -0.2) is 9.78 Å². The average Bonchev–Trinajstić information content (AvgIpc) is 2.86. The molecule has 17 heavy (non-hydrogen) atoms. The van der Waals surface area contributed by atoms with Gasteiger partial charge in [-0.3, -0.25) is 0 Å². The van der Waals surface area contributed by atoms with E-state index in [0.717, 1.165) is 29.3 Å². The third-order valence-electron chi connectivity index (χ3n) is 2.94. The highest BCUT2D eigenvalue weighted by atomic mass is 32.1. The molecule has 1 aromatic rings. The minimum atomic E-state index is -0.339. The molecule has 94 valence electrons. The Hall–Kier alpha value is -0.940. The van der Waals surface area contributed by atoms with Gasteiger partial charge in [0.1, 0.15) is 10.6 Å². The molecule has 5 heteroatoms. The van der Waals surface area contributed by atoms with Crippen molar-refractivity contribution in [3.8, 4) is 0 Å². The predicted octanol–water partition coefficient (Wildman–Crippen LogP) is 2.65. The van der Waals surface area contributed by atoms with E-state index in [2.05, 4.69) is 4.98 Å². The largest absolute Gasteiger partial charge is 0.461 e. The van der Waals surface area contributed by atoms with Crippen LogP contribution in [0.15, 0.2) is 0 Å². The topological polar surface area (TPSA) is 48.4 Å². The summed E-state index contributed by atoms with van der Waals surface area (Å²) < 4.78 is 10.7. The van der Waals surface area contributed by atoms with Crippen LogP contribution in [-0.2, 0) is 15.1 Å². The summed E-state index contributed by atoms with van der Waals surface area (Å²) in [4.78, 5) is 17.0. The zero-order valence-corrected chi connectivity index (χ0v) is 11.2. The maximum Gasteiger partial charge on any atom is 0.358 e. The van der Waals surface area contributed by atoms with Gasteiger partial charge in [0.15, 0.2) is 5.69 Å². The van der Waals surface area contributed by atoms with Gasteiger partial charge in [-0.15, -0.1) is 11.3 Å². The minimum Gasteiger partial charge on any atom is -0.461 e. The van der Waals surface area contributed by atoms with Gasteiger partial charge in [0.25, 0.3) is 0 Å². The fraction of sp³-hybridized carbons (Fsp3) is 0.667. The zero-order chi connectivity index (χ0) is 12.5. The first kappa shape index (κ1) is 12.5. The highest BCUT2D eigenvalue weighted by Gasteiger charge is 2.36. The molecule has 0 aromatic carbocycles. The van der Waals surface area contributed by atoms with Crippen LogP contribution in [-0.4, -0.2) is 24.2 Å². The van der Waals surface area contributed by atoms with Gasteiger partial charge in [0.2, 0.25) is 0 Å². The fourth-order valence-corrected chi connectivity index (χ4v) is 2.99. The summed E-state index contributed by atoms with van der Waals surface area (Å²) in [6, 6.07) is 0. The van der Waals surface area contributed by atoms with Gasteiger partial charge in [0, 0.05) is 11.5 Å². The lowest BCUT2D eigenvalue weighted by Crippen LogP contribution is -2.20. The summed E-state index contributed by atoms with van der Waals surface area (Å²) in [5.41, 5.74) is 0.115. The van der Waals surface area contributed by atoms with Crippen molar-refractivity contribution in [1.29, 1.82) is 0 Å². The summed E-state index contributed by atoms with van der Waals surface area (Å²) in [5, 5.41) is 0.885. The van der Waals surface area contributed by atoms with Crippen LogP contribution in [0.1, 0.15) is 47.1 Å². The van der Waals surface area contributed by atoms with Gasteiger partial charge in [0.05, 0.1) is 6.61 Å². The molecule has 0 saturated carbocycles. The smallest absolute Gasteiger partial charge is 0.358 e. The third-order valence-corrected chi connectivity index (χ3v) is 4.15. The molecule has 1 unspecified atom stereocenters. The van der Waals surface area contributed by atoms with E-state index < -0.39 is 0 Å². The molecule has 1 aliphatic heterocycles. The Labute approximate surface area is 105 Å². The number of ether oxygens (including phenoxy) is 2. The molecule has 1 atom stereocenters. The quantitative estimate of drug-likeness (QED) is 0.779. The number of aromatic nitrogens is 1. The van der Waals surface area contributed by atoms with Crippen molar-refractivity contribution in [1.82, 2.24) is 4.98 Å². The van der Waals surface area contributed by atoms with E-state index >= 15 is 0 Å². The molecule has 1 saturated heterocycles. The van der Waals surface area contributed by atoms with Crippen molar-refractivity contribution >= 4 is 17.3 Å². The van der Waals surface area contributed by atoms with Crippen LogP contribution in [0.2, 0.25) is 0 Å². The van der Waals surface area contributed by atoms with E-state index in [0.29, 0.717) is 12.3 Å². The number of carbonyl (C=O) groups is 1. The van der Waals surface area contributed by atoms with Crippen LogP contribution in [0.25, 0.3) is 0 Å². The minimum absolute atomic E-state index is 0.319. The van der Waals surface area contributed by atoms with Gasteiger partial charge in [-0.2, -0.15) is 0 Å². The summed E-state index contributed by atoms with van der Waals surface area (Å²) in [5.74, 6) is -0.339. The second-order valence-electron chi connectivity index (χ2n) is 4.33. The number of thiazole rings is 1. The first-order chi connectivity index (χ1) is 8.07. The summed E-state index contributed by atoms with van der Waals surface area (Å²) >= 11 is 1.53. The number of rotatable bonds is 3. The molecule has 0 aliphatic carbocycles. The highest BCUT2D eigenvalue weighted by molar-refractivity contribution is 7.12. The SMILES string of the molecule is CCOC(=O)c1nc(C2(C)CCCO2)sc1C. The molecule has 0 amide bonds. The van der Waals surface area contributed by atoms with E-state index in [1.54, 1.807) is 6.92 Å². The average molecular weight is 255 g/mol. The molecule has 0 radical (unpaired) electrons. The van der Waals surface area contributed by atoms with Gasteiger partial charge in [-0.05, 0) is 33.6 Å². The van der Waals surface area contributed by atoms with E-state index in [1.807, 2.05) is 13.8 Å². The zero-order valence-electron chi connectivity index (χ0n) is 10.4. The number of esters is 1. The van der Waals surface area contributed by atoms with E-state index in [1.165, 1.54) is 11.3 Å². The van der Waals surface area contributed by atoms with Gasteiger partial charge >= 0.3 is 5.97 Å². The molecule has 0 spiro atoms. The second kappa shape index (κ2) is 4.74. The van der Waals surface area contributed by atoms with Crippen LogP contribution in [0, 0.1) is 6.92 Å². The van der Waals surface area contributed by atoms with Crippen molar-refractivity contribution in [2.45, 2.75) is 39.2 Å². The Morgan fingerprint density at radius 1 is 1.65 bits per heavy atom. The van der Waals surface area contributed by atoms with Crippen molar-refractivity contribution in [3.05, 3.63) is 15.6 Å². The van der Waals surface area contributed by atoms with E-state index in [-0.39, 0.29) is 11.6 Å². The third kappa shape index (κ3) is 2.35. The number of hydrogen-bond acceptors (Lipinski definition) is 5. The van der Waals surface area contributed by atoms with Crippen molar-refractivity contribution < 1.29 is 14.3 Å². The Bertz CT molecular complexity index is 421. The Balaban J connectivity index is 2.27. The van der Waals surface area contributed by atoms with Crippen molar-refractivity contribution in [2.75, 3.05) is 13.2 Å². The fourth-order valence-electron chi connectivity index (χ4n) is 1.96. The predicted molar refractivity (Wildman–Crippen MR) is 65.3 cm³/mol. The second-order valence-corrected chi connectivity index (χ2v) is 5.53. The van der Waals surface area contributed by atoms with Crippen LogP contribution < -0.4 is 0 Å². The number of aryl methyl sites for hydroxylation is 1.